The van der Waals surface area contributed by atoms with Gasteiger partial charge in [0, 0.05) is 12.6 Å². The summed E-state index contributed by atoms with van der Waals surface area (Å²) in [5, 5.41) is 3.14. The van der Waals surface area contributed by atoms with Crippen LogP contribution in [-0.2, 0) is 4.74 Å². The number of hydrogen-bond acceptors (Lipinski definition) is 3. The van der Waals surface area contributed by atoms with Gasteiger partial charge in [0.05, 0.1) is 0 Å². The van der Waals surface area contributed by atoms with Crippen LogP contribution in [-0.4, -0.2) is 42.8 Å². The summed E-state index contributed by atoms with van der Waals surface area (Å²) in [6.07, 6.45) is 4.26. The molecule has 0 saturated carbocycles. The van der Waals surface area contributed by atoms with Crippen molar-refractivity contribution in [1.29, 1.82) is 0 Å². The van der Waals surface area contributed by atoms with Crippen molar-refractivity contribution in [2.24, 2.45) is 0 Å². The number of piperidine rings is 1. The van der Waals surface area contributed by atoms with Gasteiger partial charge >= 0.3 is 6.09 Å². The van der Waals surface area contributed by atoms with Gasteiger partial charge in [-0.1, -0.05) is 0 Å². The maximum Gasteiger partial charge on any atom is 0.410 e. The molecule has 1 aliphatic heterocycles. The quantitative estimate of drug-likeness (QED) is 0.826. The zero-order valence-electron chi connectivity index (χ0n) is 11.6. The number of amides is 1. The van der Waals surface area contributed by atoms with Gasteiger partial charge in [0.15, 0.2) is 0 Å². The van der Waals surface area contributed by atoms with E-state index in [2.05, 4.69) is 5.32 Å². The Kier molecular flexibility index (Phi) is 5.25. The summed E-state index contributed by atoms with van der Waals surface area (Å²) < 4.78 is 5.45. The SMILES string of the molecule is CNCCC1CCCCN1C(=O)OC(C)(C)C. The molecule has 4 nitrogen and oxygen atoms in total. The van der Waals surface area contributed by atoms with Crippen molar-refractivity contribution in [1.82, 2.24) is 10.2 Å². The maximum absolute atomic E-state index is 12.1. The van der Waals surface area contributed by atoms with Crippen LogP contribution in [0.4, 0.5) is 4.79 Å². The predicted octanol–water partition coefficient (Wildman–Crippen LogP) is 2.39. The highest BCUT2D eigenvalue weighted by Crippen LogP contribution is 2.22. The molecular formula is C13H26N2O2. The van der Waals surface area contributed by atoms with E-state index in [-0.39, 0.29) is 6.09 Å². The molecule has 0 aromatic rings. The molecule has 1 atom stereocenters. The van der Waals surface area contributed by atoms with Crippen molar-refractivity contribution in [2.45, 2.75) is 58.1 Å². The van der Waals surface area contributed by atoms with Crippen molar-refractivity contribution in [3.8, 4) is 0 Å². The second-order valence-electron chi connectivity index (χ2n) is 5.72. The molecule has 1 N–H and O–H groups in total. The fourth-order valence-electron chi connectivity index (χ4n) is 2.17. The fraction of sp³-hybridized carbons (Fsp3) is 0.923. The van der Waals surface area contributed by atoms with Crippen LogP contribution in [0.25, 0.3) is 0 Å². The highest BCUT2D eigenvalue weighted by Gasteiger charge is 2.29. The van der Waals surface area contributed by atoms with Crippen molar-refractivity contribution < 1.29 is 9.53 Å². The van der Waals surface area contributed by atoms with Crippen LogP contribution in [0.5, 0.6) is 0 Å². The summed E-state index contributed by atoms with van der Waals surface area (Å²) >= 11 is 0. The topological polar surface area (TPSA) is 41.6 Å². The summed E-state index contributed by atoms with van der Waals surface area (Å²) in [5.74, 6) is 0. The molecule has 0 spiro atoms. The number of likely N-dealkylation sites (tertiary alicyclic amines) is 1. The Morgan fingerprint density at radius 3 is 2.71 bits per heavy atom. The van der Waals surface area contributed by atoms with Crippen LogP contribution in [0.3, 0.4) is 0 Å². The number of ether oxygens (including phenoxy) is 1. The lowest BCUT2D eigenvalue weighted by Gasteiger charge is -2.36. The van der Waals surface area contributed by atoms with E-state index in [1.165, 1.54) is 6.42 Å². The van der Waals surface area contributed by atoms with Crippen LogP contribution in [0, 0.1) is 0 Å². The minimum atomic E-state index is -0.401. The van der Waals surface area contributed by atoms with Crippen molar-refractivity contribution in [3.05, 3.63) is 0 Å². The van der Waals surface area contributed by atoms with Crippen LogP contribution >= 0.6 is 0 Å². The molecule has 100 valence electrons. The number of hydrogen-bond donors (Lipinski definition) is 1. The van der Waals surface area contributed by atoms with Crippen LogP contribution < -0.4 is 5.32 Å². The molecule has 17 heavy (non-hydrogen) atoms. The van der Waals surface area contributed by atoms with E-state index in [0.717, 1.165) is 32.4 Å². The van der Waals surface area contributed by atoms with Crippen molar-refractivity contribution in [3.63, 3.8) is 0 Å². The van der Waals surface area contributed by atoms with Crippen LogP contribution in [0.1, 0.15) is 46.5 Å². The highest BCUT2D eigenvalue weighted by molar-refractivity contribution is 5.68. The average molecular weight is 242 g/mol. The van der Waals surface area contributed by atoms with E-state index in [0.29, 0.717) is 6.04 Å². The standard InChI is InChI=1S/C13H26N2O2/c1-13(2,3)17-12(16)15-10-6-5-7-11(15)8-9-14-4/h11,14H,5-10H2,1-4H3. The first-order chi connectivity index (χ1) is 7.94. The van der Waals surface area contributed by atoms with Gasteiger partial charge in [-0.25, -0.2) is 4.79 Å². The van der Waals surface area contributed by atoms with E-state index < -0.39 is 5.60 Å². The Morgan fingerprint density at radius 2 is 2.12 bits per heavy atom. The first kappa shape index (κ1) is 14.3. The first-order valence-electron chi connectivity index (χ1n) is 6.58. The van der Waals surface area contributed by atoms with Crippen LogP contribution in [0.15, 0.2) is 0 Å². The summed E-state index contributed by atoms with van der Waals surface area (Å²) in [6.45, 7) is 7.53. The Balaban J connectivity index is 2.54. The molecule has 4 heteroatoms. The third-order valence-corrected chi connectivity index (χ3v) is 2.98. The Labute approximate surface area is 105 Å². The summed E-state index contributed by atoms with van der Waals surface area (Å²) in [5.41, 5.74) is -0.401. The summed E-state index contributed by atoms with van der Waals surface area (Å²) in [4.78, 5) is 14.0. The predicted molar refractivity (Wildman–Crippen MR) is 69.1 cm³/mol. The molecule has 1 fully saturated rings. The van der Waals surface area contributed by atoms with Gasteiger partial charge in [0.1, 0.15) is 5.60 Å². The molecule has 1 unspecified atom stereocenters. The van der Waals surface area contributed by atoms with Gasteiger partial charge in [-0.05, 0) is 60.0 Å². The van der Waals surface area contributed by atoms with Gasteiger partial charge in [0.25, 0.3) is 0 Å². The molecular weight excluding hydrogens is 216 g/mol. The maximum atomic E-state index is 12.1. The van der Waals surface area contributed by atoms with Crippen LogP contribution in [0.2, 0.25) is 0 Å². The molecule has 1 heterocycles. The average Bonchev–Trinajstić information content (AvgIpc) is 2.24. The zero-order chi connectivity index (χ0) is 12.9. The van der Waals surface area contributed by atoms with E-state index in [4.69, 9.17) is 4.74 Å². The van der Waals surface area contributed by atoms with E-state index in [1.54, 1.807) is 0 Å². The molecule has 0 aromatic heterocycles. The Morgan fingerprint density at radius 1 is 1.41 bits per heavy atom. The molecule has 0 radical (unpaired) electrons. The van der Waals surface area contributed by atoms with Gasteiger partial charge in [0.2, 0.25) is 0 Å². The smallest absolute Gasteiger partial charge is 0.410 e. The second-order valence-corrected chi connectivity index (χ2v) is 5.72. The summed E-state index contributed by atoms with van der Waals surface area (Å²) in [7, 11) is 1.95. The first-order valence-corrected chi connectivity index (χ1v) is 6.58. The molecule has 1 rings (SSSR count). The van der Waals surface area contributed by atoms with Gasteiger partial charge in [-0.3, -0.25) is 0 Å². The van der Waals surface area contributed by atoms with Gasteiger partial charge < -0.3 is 15.0 Å². The van der Waals surface area contributed by atoms with E-state index in [9.17, 15) is 4.79 Å². The van der Waals surface area contributed by atoms with Gasteiger partial charge in [-0.2, -0.15) is 0 Å². The monoisotopic (exact) mass is 242 g/mol. The van der Waals surface area contributed by atoms with Crippen molar-refractivity contribution >= 4 is 6.09 Å². The third-order valence-electron chi connectivity index (χ3n) is 2.98. The molecule has 0 aromatic carbocycles. The largest absolute Gasteiger partial charge is 0.444 e. The molecule has 1 saturated heterocycles. The minimum Gasteiger partial charge on any atom is -0.444 e. The number of carbonyl (C=O) groups is 1. The Hall–Kier alpha value is -0.770. The normalized spacial score (nSPS) is 21.4. The molecule has 0 aliphatic carbocycles. The lowest BCUT2D eigenvalue weighted by molar-refractivity contribution is 0.00899. The molecule has 1 aliphatic rings. The lowest BCUT2D eigenvalue weighted by atomic mass is 10.00. The molecule has 1 amide bonds. The zero-order valence-corrected chi connectivity index (χ0v) is 11.6. The number of nitrogens with zero attached hydrogens (tertiary/aromatic N) is 1. The lowest BCUT2D eigenvalue weighted by Crippen LogP contribution is -2.46. The highest BCUT2D eigenvalue weighted by atomic mass is 16.6. The summed E-state index contributed by atoms with van der Waals surface area (Å²) in [6, 6.07) is 0.339. The minimum absolute atomic E-state index is 0.154. The van der Waals surface area contributed by atoms with E-state index >= 15 is 0 Å². The third kappa shape index (κ3) is 4.94. The Bertz CT molecular complexity index is 248. The number of carbonyl (C=O) groups excluding carboxylic acids is 1. The van der Waals surface area contributed by atoms with Gasteiger partial charge in [-0.15, -0.1) is 0 Å². The number of nitrogens with one attached hydrogen (secondary N) is 1. The number of rotatable bonds is 3. The van der Waals surface area contributed by atoms with Crippen molar-refractivity contribution in [2.75, 3.05) is 20.1 Å². The fourth-order valence-corrected chi connectivity index (χ4v) is 2.17. The van der Waals surface area contributed by atoms with E-state index in [1.807, 2.05) is 32.7 Å². The molecule has 0 bridgehead atoms. The second kappa shape index (κ2) is 6.24.